The second-order valence-corrected chi connectivity index (χ2v) is 6.15. The summed E-state index contributed by atoms with van der Waals surface area (Å²) < 4.78 is 0. The summed E-state index contributed by atoms with van der Waals surface area (Å²) >= 11 is 1.52. The molecule has 2 heterocycles. The molecule has 0 saturated carbocycles. The van der Waals surface area contributed by atoms with Gasteiger partial charge in [0, 0.05) is 19.6 Å². The van der Waals surface area contributed by atoms with Crippen molar-refractivity contribution in [2.75, 3.05) is 26.2 Å². The van der Waals surface area contributed by atoms with E-state index in [9.17, 15) is 4.79 Å². The molecule has 1 amide bonds. The van der Waals surface area contributed by atoms with Crippen molar-refractivity contribution in [3.63, 3.8) is 0 Å². The molecule has 1 aromatic rings. The second-order valence-electron chi connectivity index (χ2n) is 5.24. The molecule has 0 aliphatic carbocycles. The molecule has 1 saturated heterocycles. The zero-order valence-electron chi connectivity index (χ0n) is 11.2. The minimum Gasteiger partial charge on any atom is -0.350 e. The summed E-state index contributed by atoms with van der Waals surface area (Å²) in [5, 5.41) is 4.99. The lowest BCUT2D eigenvalue weighted by atomic mass is 10.0. The maximum absolute atomic E-state index is 11.9. The lowest BCUT2D eigenvalue weighted by Gasteiger charge is -2.30. The molecule has 2 rings (SSSR count). The van der Waals surface area contributed by atoms with E-state index in [2.05, 4.69) is 17.1 Å². The molecule has 1 atom stereocenters. The molecular formula is C14H22N2OS. The van der Waals surface area contributed by atoms with Crippen molar-refractivity contribution in [2.45, 2.75) is 26.7 Å². The van der Waals surface area contributed by atoms with Gasteiger partial charge < -0.3 is 10.2 Å². The Hall–Kier alpha value is -0.870. The number of carbonyl (C=O) groups is 1. The Morgan fingerprint density at radius 2 is 2.44 bits per heavy atom. The molecule has 0 spiro atoms. The first-order valence-corrected chi connectivity index (χ1v) is 7.59. The first-order valence-electron chi connectivity index (χ1n) is 6.71. The molecule has 1 fully saturated rings. The van der Waals surface area contributed by atoms with Crippen LogP contribution >= 0.6 is 11.3 Å². The van der Waals surface area contributed by atoms with Gasteiger partial charge in [0.2, 0.25) is 0 Å². The zero-order chi connectivity index (χ0) is 13.0. The van der Waals surface area contributed by atoms with E-state index in [1.807, 2.05) is 18.4 Å². The summed E-state index contributed by atoms with van der Waals surface area (Å²) in [4.78, 5) is 15.2. The van der Waals surface area contributed by atoms with Gasteiger partial charge in [-0.15, -0.1) is 11.3 Å². The van der Waals surface area contributed by atoms with Gasteiger partial charge in [0.15, 0.2) is 0 Å². The minimum atomic E-state index is 0.0764. The highest BCUT2D eigenvalue weighted by Crippen LogP contribution is 2.16. The van der Waals surface area contributed by atoms with Gasteiger partial charge in [0.05, 0.1) is 4.88 Å². The molecule has 18 heavy (non-hydrogen) atoms. The van der Waals surface area contributed by atoms with Crippen molar-refractivity contribution in [1.29, 1.82) is 0 Å². The average Bonchev–Trinajstić information content (AvgIpc) is 2.75. The molecule has 1 N–H and O–H groups in total. The molecule has 100 valence electrons. The molecule has 3 nitrogen and oxygen atoms in total. The Labute approximate surface area is 113 Å². The fraction of sp³-hybridized carbons (Fsp3) is 0.643. The Morgan fingerprint density at radius 1 is 1.61 bits per heavy atom. The Balaban J connectivity index is 1.72. The normalized spacial score (nSPS) is 20.9. The predicted octanol–water partition coefficient (Wildman–Crippen LogP) is 2.52. The average molecular weight is 266 g/mol. The Bertz CT molecular complexity index is 402. The van der Waals surface area contributed by atoms with Crippen LogP contribution in [0.1, 0.15) is 35.0 Å². The van der Waals surface area contributed by atoms with Crippen LogP contribution in [0.15, 0.2) is 11.4 Å². The number of rotatable bonds is 4. The van der Waals surface area contributed by atoms with Crippen molar-refractivity contribution in [2.24, 2.45) is 5.92 Å². The molecule has 1 aliphatic heterocycles. The molecular weight excluding hydrogens is 244 g/mol. The molecule has 1 unspecified atom stereocenters. The lowest BCUT2D eigenvalue weighted by Crippen LogP contribution is -2.40. The quantitative estimate of drug-likeness (QED) is 0.908. The lowest BCUT2D eigenvalue weighted by molar-refractivity contribution is 0.0947. The number of carbonyl (C=O) groups excluding carboxylic acids is 1. The smallest absolute Gasteiger partial charge is 0.261 e. The maximum Gasteiger partial charge on any atom is 0.261 e. The predicted molar refractivity (Wildman–Crippen MR) is 76.2 cm³/mol. The highest BCUT2D eigenvalue weighted by molar-refractivity contribution is 7.12. The van der Waals surface area contributed by atoms with Crippen molar-refractivity contribution < 1.29 is 4.79 Å². The standard InChI is InChI=1S/C14H22N2OS/c1-11-4-3-7-16(10-11)8-6-15-14(17)13-12(2)5-9-18-13/h5,9,11H,3-4,6-8,10H2,1-2H3,(H,15,17). The second kappa shape index (κ2) is 6.34. The van der Waals surface area contributed by atoms with E-state index in [-0.39, 0.29) is 5.91 Å². The van der Waals surface area contributed by atoms with E-state index in [4.69, 9.17) is 0 Å². The summed E-state index contributed by atoms with van der Waals surface area (Å²) in [6, 6.07) is 1.99. The summed E-state index contributed by atoms with van der Waals surface area (Å²) in [6.45, 7) is 8.37. The van der Waals surface area contributed by atoms with Crippen LogP contribution in [0.2, 0.25) is 0 Å². The maximum atomic E-state index is 11.9. The van der Waals surface area contributed by atoms with Gasteiger partial charge in [0.1, 0.15) is 0 Å². The molecule has 0 bridgehead atoms. The van der Waals surface area contributed by atoms with Gasteiger partial charge in [0.25, 0.3) is 5.91 Å². The third-order valence-electron chi connectivity index (χ3n) is 3.52. The van der Waals surface area contributed by atoms with Crippen LogP contribution < -0.4 is 5.32 Å². The monoisotopic (exact) mass is 266 g/mol. The number of likely N-dealkylation sites (tertiary alicyclic amines) is 1. The van der Waals surface area contributed by atoms with Crippen molar-refractivity contribution in [3.8, 4) is 0 Å². The topological polar surface area (TPSA) is 32.3 Å². The summed E-state index contributed by atoms with van der Waals surface area (Å²) in [7, 11) is 0. The SMILES string of the molecule is Cc1ccsc1C(=O)NCCN1CCCC(C)C1. The zero-order valence-corrected chi connectivity index (χ0v) is 12.1. The van der Waals surface area contributed by atoms with E-state index in [0.717, 1.165) is 29.4 Å². The van der Waals surface area contributed by atoms with Crippen LogP contribution in [0.25, 0.3) is 0 Å². The van der Waals surface area contributed by atoms with Crippen LogP contribution in [0.4, 0.5) is 0 Å². The highest BCUT2D eigenvalue weighted by Gasteiger charge is 2.16. The first kappa shape index (κ1) is 13.6. The molecule has 0 aromatic carbocycles. The van der Waals surface area contributed by atoms with E-state index in [0.29, 0.717) is 0 Å². The van der Waals surface area contributed by atoms with Gasteiger partial charge >= 0.3 is 0 Å². The number of nitrogens with zero attached hydrogens (tertiary/aromatic N) is 1. The molecule has 0 radical (unpaired) electrons. The van der Waals surface area contributed by atoms with Gasteiger partial charge in [-0.3, -0.25) is 4.79 Å². The van der Waals surface area contributed by atoms with E-state index < -0.39 is 0 Å². The third kappa shape index (κ3) is 3.56. The van der Waals surface area contributed by atoms with E-state index >= 15 is 0 Å². The third-order valence-corrected chi connectivity index (χ3v) is 4.54. The van der Waals surface area contributed by atoms with E-state index in [1.165, 1.54) is 37.3 Å². The van der Waals surface area contributed by atoms with E-state index in [1.54, 1.807) is 0 Å². The number of hydrogen-bond donors (Lipinski definition) is 1. The van der Waals surface area contributed by atoms with Crippen LogP contribution in [-0.4, -0.2) is 37.0 Å². The Kier molecular flexibility index (Phi) is 4.78. The van der Waals surface area contributed by atoms with Crippen LogP contribution in [0.3, 0.4) is 0 Å². The summed E-state index contributed by atoms with van der Waals surface area (Å²) in [5.41, 5.74) is 1.07. The van der Waals surface area contributed by atoms with Gasteiger partial charge in [-0.1, -0.05) is 6.92 Å². The number of nitrogens with one attached hydrogen (secondary N) is 1. The van der Waals surface area contributed by atoms with Crippen molar-refractivity contribution >= 4 is 17.2 Å². The molecule has 1 aliphatic rings. The van der Waals surface area contributed by atoms with Crippen LogP contribution in [0.5, 0.6) is 0 Å². The molecule has 4 heteroatoms. The number of aryl methyl sites for hydroxylation is 1. The van der Waals surface area contributed by atoms with Crippen molar-refractivity contribution in [3.05, 3.63) is 21.9 Å². The first-order chi connectivity index (χ1) is 8.66. The van der Waals surface area contributed by atoms with Gasteiger partial charge in [-0.2, -0.15) is 0 Å². The van der Waals surface area contributed by atoms with Crippen molar-refractivity contribution in [1.82, 2.24) is 10.2 Å². The Morgan fingerprint density at radius 3 is 3.11 bits per heavy atom. The van der Waals surface area contributed by atoms with Gasteiger partial charge in [-0.25, -0.2) is 0 Å². The largest absolute Gasteiger partial charge is 0.350 e. The highest BCUT2D eigenvalue weighted by atomic mass is 32.1. The number of thiophene rings is 1. The summed E-state index contributed by atoms with van der Waals surface area (Å²) in [6.07, 6.45) is 2.64. The fourth-order valence-electron chi connectivity index (χ4n) is 2.50. The molecule has 1 aromatic heterocycles. The van der Waals surface area contributed by atoms with Crippen LogP contribution in [-0.2, 0) is 0 Å². The minimum absolute atomic E-state index is 0.0764. The van der Waals surface area contributed by atoms with Crippen LogP contribution in [0, 0.1) is 12.8 Å². The summed E-state index contributed by atoms with van der Waals surface area (Å²) in [5.74, 6) is 0.876. The number of amides is 1. The number of hydrogen-bond acceptors (Lipinski definition) is 3. The van der Waals surface area contributed by atoms with Gasteiger partial charge in [-0.05, 0) is 49.2 Å². The number of piperidine rings is 1. The fourth-order valence-corrected chi connectivity index (χ4v) is 3.34.